The molecule has 0 unspecified atom stereocenters. The van der Waals surface area contributed by atoms with Gasteiger partial charge in [0.25, 0.3) is 0 Å². The van der Waals surface area contributed by atoms with Crippen molar-refractivity contribution in [3.63, 3.8) is 0 Å². The molecule has 0 aliphatic rings. The third-order valence-corrected chi connectivity index (χ3v) is 6.06. The Bertz CT molecular complexity index is 1090. The van der Waals surface area contributed by atoms with E-state index in [0.29, 0.717) is 17.9 Å². The fourth-order valence-corrected chi connectivity index (χ4v) is 3.62. The molecule has 3 rings (SSSR count). The quantitative estimate of drug-likeness (QED) is 0.0905. The molecule has 0 fully saturated rings. The van der Waals surface area contributed by atoms with Gasteiger partial charge in [0, 0.05) is 6.21 Å². The second-order valence-electron chi connectivity index (χ2n) is 9.19. The van der Waals surface area contributed by atoms with E-state index in [0.717, 1.165) is 35.6 Å². The molecule has 5 nitrogen and oxygen atoms in total. The van der Waals surface area contributed by atoms with E-state index in [1.54, 1.807) is 30.5 Å². The Hall–Kier alpha value is -3.60. The minimum Gasteiger partial charge on any atom is -0.494 e. The molecule has 1 atom stereocenters. The average Bonchev–Trinajstić information content (AvgIpc) is 2.93. The van der Waals surface area contributed by atoms with Gasteiger partial charge >= 0.3 is 5.97 Å². The Morgan fingerprint density at radius 2 is 1.41 bits per heavy atom. The summed E-state index contributed by atoms with van der Waals surface area (Å²) in [5.74, 6) is 1.70. The number of nitrogens with zero attached hydrogens (tertiary/aromatic N) is 1. The zero-order valence-corrected chi connectivity index (χ0v) is 22.3. The third kappa shape index (κ3) is 10.1. The molecule has 0 N–H and O–H groups in total. The summed E-state index contributed by atoms with van der Waals surface area (Å²) in [4.78, 5) is 17.0. The molecule has 3 aromatic rings. The highest BCUT2D eigenvalue weighted by atomic mass is 16.5. The SMILES string of the molecule is CCCCCCCCOc1ccc(C(=O)Oc2ccc(C=Nc3ccc(O[C@@H](C)CC)cc3)cc2)cc1. The maximum absolute atomic E-state index is 12.5. The van der Waals surface area contributed by atoms with Crippen LogP contribution in [-0.2, 0) is 0 Å². The first-order valence-corrected chi connectivity index (χ1v) is 13.4. The van der Waals surface area contributed by atoms with Crippen LogP contribution in [0.4, 0.5) is 5.69 Å². The molecule has 0 aliphatic heterocycles. The smallest absolute Gasteiger partial charge is 0.343 e. The predicted molar refractivity (Wildman–Crippen MR) is 151 cm³/mol. The van der Waals surface area contributed by atoms with Crippen LogP contribution < -0.4 is 14.2 Å². The minimum atomic E-state index is -0.399. The summed E-state index contributed by atoms with van der Waals surface area (Å²) in [6.07, 6.45) is 10.3. The van der Waals surface area contributed by atoms with Crippen LogP contribution in [0.2, 0.25) is 0 Å². The molecule has 0 aliphatic carbocycles. The van der Waals surface area contributed by atoms with Crippen LogP contribution in [0.3, 0.4) is 0 Å². The first-order valence-electron chi connectivity index (χ1n) is 13.4. The molecule has 3 aromatic carbocycles. The van der Waals surface area contributed by atoms with Crippen LogP contribution in [-0.4, -0.2) is 24.9 Å². The van der Waals surface area contributed by atoms with Crippen molar-refractivity contribution in [2.45, 2.75) is 71.8 Å². The summed E-state index contributed by atoms with van der Waals surface area (Å²) in [5, 5.41) is 0. The number of hydrogen-bond donors (Lipinski definition) is 0. The lowest BCUT2D eigenvalue weighted by molar-refractivity contribution is 0.0734. The monoisotopic (exact) mass is 501 g/mol. The van der Waals surface area contributed by atoms with Crippen LogP contribution in [0.5, 0.6) is 17.2 Å². The van der Waals surface area contributed by atoms with Gasteiger partial charge in [0.05, 0.1) is 24.0 Å². The molecule has 0 aromatic heterocycles. The Balaban J connectivity index is 1.43. The second kappa shape index (κ2) is 15.5. The van der Waals surface area contributed by atoms with E-state index in [9.17, 15) is 4.79 Å². The van der Waals surface area contributed by atoms with Crippen molar-refractivity contribution in [3.05, 3.63) is 83.9 Å². The zero-order chi connectivity index (χ0) is 26.3. The van der Waals surface area contributed by atoms with Crippen molar-refractivity contribution in [1.29, 1.82) is 0 Å². The number of rotatable bonds is 15. The van der Waals surface area contributed by atoms with Gasteiger partial charge in [-0.05, 0) is 98.1 Å². The fraction of sp³-hybridized carbons (Fsp3) is 0.375. The van der Waals surface area contributed by atoms with Crippen LogP contribution in [0.1, 0.15) is 81.6 Å². The Morgan fingerprint density at radius 3 is 2.08 bits per heavy atom. The maximum atomic E-state index is 12.5. The van der Waals surface area contributed by atoms with Gasteiger partial charge in [-0.2, -0.15) is 0 Å². The summed E-state index contributed by atoms with van der Waals surface area (Å²) in [6.45, 7) is 7.07. The maximum Gasteiger partial charge on any atom is 0.343 e. The van der Waals surface area contributed by atoms with Crippen LogP contribution in [0.15, 0.2) is 77.8 Å². The summed E-state index contributed by atoms with van der Waals surface area (Å²) in [5.41, 5.74) is 2.23. The lowest BCUT2D eigenvalue weighted by atomic mass is 10.1. The van der Waals surface area contributed by atoms with Crippen LogP contribution >= 0.6 is 0 Å². The Kier molecular flexibility index (Phi) is 11.7. The van der Waals surface area contributed by atoms with Crippen molar-refractivity contribution in [2.24, 2.45) is 4.99 Å². The molecule has 0 bridgehead atoms. The third-order valence-electron chi connectivity index (χ3n) is 6.06. The Morgan fingerprint density at radius 1 is 0.784 bits per heavy atom. The first-order chi connectivity index (χ1) is 18.1. The van der Waals surface area contributed by atoms with Crippen LogP contribution in [0, 0.1) is 0 Å². The van der Waals surface area contributed by atoms with Gasteiger partial charge in [-0.15, -0.1) is 0 Å². The van der Waals surface area contributed by atoms with Gasteiger partial charge in [0.1, 0.15) is 17.2 Å². The van der Waals surface area contributed by atoms with Gasteiger partial charge in [-0.25, -0.2) is 4.79 Å². The van der Waals surface area contributed by atoms with Crippen molar-refractivity contribution in [1.82, 2.24) is 0 Å². The molecule has 0 amide bonds. The number of unbranched alkanes of at least 4 members (excludes halogenated alkanes) is 5. The van der Waals surface area contributed by atoms with E-state index >= 15 is 0 Å². The van der Waals surface area contributed by atoms with Gasteiger partial charge in [0.2, 0.25) is 0 Å². The summed E-state index contributed by atoms with van der Waals surface area (Å²) < 4.78 is 17.1. The molecule has 5 heteroatoms. The molecule has 0 radical (unpaired) electrons. The lowest BCUT2D eigenvalue weighted by Gasteiger charge is -2.12. The van der Waals surface area contributed by atoms with E-state index in [2.05, 4.69) is 25.8 Å². The number of aliphatic imine (C=N–C) groups is 1. The standard InChI is InChI=1S/C32H39NO4/c1-4-6-7-8-9-10-23-35-29-19-13-27(14-20-29)32(34)37-31-17-11-26(12-18-31)24-33-28-15-21-30(22-16-28)36-25(3)5-2/h11-22,24-25H,4-10,23H2,1-3H3/t25-/m0/s1. The number of hydrogen-bond acceptors (Lipinski definition) is 5. The van der Waals surface area contributed by atoms with Gasteiger partial charge in [0.15, 0.2) is 0 Å². The molecule has 37 heavy (non-hydrogen) atoms. The van der Waals surface area contributed by atoms with E-state index in [4.69, 9.17) is 14.2 Å². The number of esters is 1. The minimum absolute atomic E-state index is 0.190. The lowest BCUT2D eigenvalue weighted by Crippen LogP contribution is -2.09. The molecule has 0 saturated heterocycles. The van der Waals surface area contributed by atoms with Crippen molar-refractivity contribution < 1.29 is 19.0 Å². The first kappa shape index (κ1) is 28.0. The van der Waals surface area contributed by atoms with Crippen molar-refractivity contribution in [3.8, 4) is 17.2 Å². The van der Waals surface area contributed by atoms with Gasteiger partial charge < -0.3 is 14.2 Å². The summed E-state index contributed by atoms with van der Waals surface area (Å²) in [7, 11) is 0. The topological polar surface area (TPSA) is 57.1 Å². The molecular weight excluding hydrogens is 462 g/mol. The predicted octanol–water partition coefficient (Wildman–Crippen LogP) is 8.57. The number of benzene rings is 3. The van der Waals surface area contributed by atoms with E-state index in [-0.39, 0.29) is 6.10 Å². The summed E-state index contributed by atoms with van der Waals surface area (Å²) in [6, 6.07) is 22.1. The number of carbonyl (C=O) groups excluding carboxylic acids is 1. The summed E-state index contributed by atoms with van der Waals surface area (Å²) >= 11 is 0. The highest BCUT2D eigenvalue weighted by molar-refractivity contribution is 5.91. The number of carbonyl (C=O) groups is 1. The molecule has 0 heterocycles. The van der Waals surface area contributed by atoms with Gasteiger partial charge in [-0.3, -0.25) is 4.99 Å². The van der Waals surface area contributed by atoms with E-state index in [1.807, 2.05) is 48.5 Å². The van der Waals surface area contributed by atoms with E-state index in [1.165, 1.54) is 32.1 Å². The normalized spacial score (nSPS) is 11.9. The van der Waals surface area contributed by atoms with Gasteiger partial charge in [-0.1, -0.05) is 46.0 Å². The average molecular weight is 502 g/mol. The van der Waals surface area contributed by atoms with Crippen molar-refractivity contribution in [2.75, 3.05) is 6.61 Å². The molecule has 0 saturated carbocycles. The Labute approximate surface area is 221 Å². The highest BCUT2D eigenvalue weighted by Gasteiger charge is 2.09. The fourth-order valence-electron chi connectivity index (χ4n) is 3.62. The molecule has 196 valence electrons. The largest absolute Gasteiger partial charge is 0.494 e. The zero-order valence-electron chi connectivity index (χ0n) is 22.3. The van der Waals surface area contributed by atoms with Crippen LogP contribution in [0.25, 0.3) is 0 Å². The second-order valence-corrected chi connectivity index (χ2v) is 9.19. The molecular formula is C32H39NO4. The highest BCUT2D eigenvalue weighted by Crippen LogP contribution is 2.21. The van der Waals surface area contributed by atoms with Crippen molar-refractivity contribution >= 4 is 17.9 Å². The van der Waals surface area contributed by atoms with E-state index < -0.39 is 5.97 Å². The number of ether oxygens (including phenoxy) is 3. The molecule has 0 spiro atoms.